The summed E-state index contributed by atoms with van der Waals surface area (Å²) in [5.41, 5.74) is 2.24. The Bertz CT molecular complexity index is 817. The van der Waals surface area contributed by atoms with Gasteiger partial charge in [0.15, 0.2) is 0 Å². The van der Waals surface area contributed by atoms with E-state index in [1.54, 1.807) is 44.6 Å². The monoisotopic (exact) mass is 340 g/mol. The van der Waals surface area contributed by atoms with Gasteiger partial charge in [-0.25, -0.2) is 5.01 Å². The maximum atomic E-state index is 12.5. The number of amides is 1. The molecule has 0 saturated carbocycles. The number of nitrogens with zero attached hydrogens (tertiary/aromatic N) is 2. The van der Waals surface area contributed by atoms with Gasteiger partial charge in [-0.3, -0.25) is 4.79 Å². The lowest BCUT2D eigenvalue weighted by molar-refractivity contribution is -0.130. The van der Waals surface area contributed by atoms with Crippen molar-refractivity contribution in [3.63, 3.8) is 0 Å². The molecule has 1 heterocycles. The van der Waals surface area contributed by atoms with Crippen molar-refractivity contribution in [2.75, 3.05) is 20.8 Å². The van der Waals surface area contributed by atoms with E-state index in [0.717, 1.165) is 11.3 Å². The second kappa shape index (κ2) is 7.25. The predicted octanol–water partition coefficient (Wildman–Crippen LogP) is 2.59. The van der Waals surface area contributed by atoms with Crippen molar-refractivity contribution in [1.82, 2.24) is 5.01 Å². The third-order valence-electron chi connectivity index (χ3n) is 4.14. The summed E-state index contributed by atoms with van der Waals surface area (Å²) in [5, 5.41) is 15.7. The Balaban J connectivity index is 1.78. The lowest BCUT2D eigenvalue weighted by Crippen LogP contribution is -2.25. The number of aromatic hydroxyl groups is 1. The summed E-state index contributed by atoms with van der Waals surface area (Å²) < 4.78 is 10.6. The number of hydrogen-bond donors (Lipinski definition) is 1. The number of methoxy groups -OCH3 is 2. The van der Waals surface area contributed by atoms with Crippen molar-refractivity contribution in [1.29, 1.82) is 0 Å². The van der Waals surface area contributed by atoms with Gasteiger partial charge >= 0.3 is 0 Å². The van der Waals surface area contributed by atoms with Crippen LogP contribution in [0.1, 0.15) is 17.5 Å². The number of hydrogen-bond acceptors (Lipinski definition) is 5. The molecule has 0 atom stereocenters. The van der Waals surface area contributed by atoms with Gasteiger partial charge in [-0.05, 0) is 18.2 Å². The second-order valence-corrected chi connectivity index (χ2v) is 5.69. The summed E-state index contributed by atoms with van der Waals surface area (Å²) in [6.07, 6.45) is 0.762. The Morgan fingerprint density at radius 3 is 2.72 bits per heavy atom. The minimum atomic E-state index is -0.149. The molecular formula is C19H20N2O4. The fourth-order valence-corrected chi connectivity index (χ4v) is 2.78. The van der Waals surface area contributed by atoms with Gasteiger partial charge < -0.3 is 14.6 Å². The molecule has 1 aliphatic heterocycles. The van der Waals surface area contributed by atoms with Gasteiger partial charge in [0.25, 0.3) is 0 Å². The van der Waals surface area contributed by atoms with Crippen LogP contribution in [0.5, 0.6) is 17.2 Å². The molecule has 25 heavy (non-hydrogen) atoms. The van der Waals surface area contributed by atoms with Gasteiger partial charge in [0.05, 0.1) is 32.9 Å². The summed E-state index contributed by atoms with van der Waals surface area (Å²) >= 11 is 0. The van der Waals surface area contributed by atoms with Crippen LogP contribution < -0.4 is 9.47 Å². The van der Waals surface area contributed by atoms with Gasteiger partial charge in [-0.15, -0.1) is 0 Å². The van der Waals surface area contributed by atoms with E-state index >= 15 is 0 Å². The van der Waals surface area contributed by atoms with Crippen LogP contribution in [0, 0.1) is 0 Å². The lowest BCUT2D eigenvalue weighted by Gasteiger charge is -2.12. The summed E-state index contributed by atoms with van der Waals surface area (Å²) in [4.78, 5) is 12.5. The molecule has 2 aromatic carbocycles. The minimum absolute atomic E-state index is 0.114. The van der Waals surface area contributed by atoms with Crippen LogP contribution in [0.15, 0.2) is 47.6 Å². The van der Waals surface area contributed by atoms with E-state index < -0.39 is 0 Å². The molecule has 0 unspecified atom stereocenters. The normalized spacial score (nSPS) is 13.5. The van der Waals surface area contributed by atoms with Crippen LogP contribution in [-0.2, 0) is 11.2 Å². The van der Waals surface area contributed by atoms with Crippen molar-refractivity contribution in [2.24, 2.45) is 5.10 Å². The third kappa shape index (κ3) is 3.57. The van der Waals surface area contributed by atoms with Crippen LogP contribution >= 0.6 is 0 Å². The topological polar surface area (TPSA) is 71.4 Å². The van der Waals surface area contributed by atoms with E-state index in [9.17, 15) is 9.90 Å². The number of carbonyl (C=O) groups is 1. The van der Waals surface area contributed by atoms with Crippen molar-refractivity contribution < 1.29 is 19.4 Å². The molecule has 1 N–H and O–H groups in total. The molecule has 1 amide bonds. The number of phenolic OH excluding ortho intramolecular Hbond substituents is 1. The van der Waals surface area contributed by atoms with Crippen molar-refractivity contribution in [2.45, 2.75) is 12.8 Å². The SMILES string of the molecule is COc1ccc(C2=NN(C(=O)Cc3ccccc3O)CC2)c(OC)c1. The first kappa shape index (κ1) is 16.8. The predicted molar refractivity (Wildman–Crippen MR) is 94.2 cm³/mol. The van der Waals surface area contributed by atoms with Crippen LogP contribution in [0.2, 0.25) is 0 Å². The highest BCUT2D eigenvalue weighted by Gasteiger charge is 2.24. The molecule has 0 bridgehead atoms. The second-order valence-electron chi connectivity index (χ2n) is 5.69. The maximum absolute atomic E-state index is 12.5. The Hall–Kier alpha value is -3.02. The summed E-state index contributed by atoms with van der Waals surface area (Å²) in [7, 11) is 3.19. The van der Waals surface area contributed by atoms with E-state index in [4.69, 9.17) is 9.47 Å². The standard InChI is InChI=1S/C19H20N2O4/c1-24-14-7-8-15(18(12-14)25-2)16-9-10-21(20-16)19(23)11-13-5-3-4-6-17(13)22/h3-8,12,22H,9-11H2,1-2H3. The zero-order chi connectivity index (χ0) is 17.8. The first-order valence-electron chi connectivity index (χ1n) is 7.99. The highest BCUT2D eigenvalue weighted by atomic mass is 16.5. The van der Waals surface area contributed by atoms with Gasteiger partial charge in [0, 0.05) is 23.6 Å². The average Bonchev–Trinajstić information content (AvgIpc) is 3.13. The van der Waals surface area contributed by atoms with Crippen molar-refractivity contribution in [3.8, 4) is 17.2 Å². The third-order valence-corrected chi connectivity index (χ3v) is 4.14. The Kier molecular flexibility index (Phi) is 4.88. The summed E-state index contributed by atoms with van der Waals surface area (Å²) in [5.74, 6) is 1.33. The van der Waals surface area contributed by atoms with Crippen LogP contribution in [0.3, 0.4) is 0 Å². The van der Waals surface area contributed by atoms with Gasteiger partial charge in [-0.1, -0.05) is 18.2 Å². The first-order valence-corrected chi connectivity index (χ1v) is 7.99. The van der Waals surface area contributed by atoms with E-state index in [1.807, 2.05) is 12.1 Å². The fourth-order valence-electron chi connectivity index (χ4n) is 2.78. The molecule has 6 heteroatoms. The first-order chi connectivity index (χ1) is 12.1. The molecule has 0 aliphatic carbocycles. The van der Waals surface area contributed by atoms with Gasteiger partial charge in [0.1, 0.15) is 17.2 Å². The largest absolute Gasteiger partial charge is 0.508 e. The molecule has 1 aliphatic rings. The number of ether oxygens (including phenoxy) is 2. The number of phenols is 1. The van der Waals surface area contributed by atoms with E-state index in [2.05, 4.69) is 5.10 Å². The quantitative estimate of drug-likeness (QED) is 0.908. The van der Waals surface area contributed by atoms with Crippen LogP contribution in [-0.4, -0.2) is 42.5 Å². The molecule has 3 rings (SSSR count). The fraction of sp³-hybridized carbons (Fsp3) is 0.263. The number of para-hydroxylation sites is 1. The minimum Gasteiger partial charge on any atom is -0.508 e. The number of hydrazone groups is 1. The van der Waals surface area contributed by atoms with Crippen molar-refractivity contribution in [3.05, 3.63) is 53.6 Å². The zero-order valence-electron chi connectivity index (χ0n) is 14.2. The molecule has 6 nitrogen and oxygen atoms in total. The van der Waals surface area contributed by atoms with E-state index in [0.29, 0.717) is 30.0 Å². The Labute approximate surface area is 146 Å². The van der Waals surface area contributed by atoms with Gasteiger partial charge in [-0.2, -0.15) is 5.10 Å². The number of rotatable bonds is 5. The van der Waals surface area contributed by atoms with E-state index in [1.165, 1.54) is 5.01 Å². The van der Waals surface area contributed by atoms with Crippen molar-refractivity contribution >= 4 is 11.6 Å². The smallest absolute Gasteiger partial charge is 0.247 e. The average molecular weight is 340 g/mol. The molecule has 0 radical (unpaired) electrons. The molecule has 0 fully saturated rings. The van der Waals surface area contributed by atoms with E-state index in [-0.39, 0.29) is 18.1 Å². The molecule has 0 aromatic heterocycles. The zero-order valence-corrected chi connectivity index (χ0v) is 14.2. The van der Waals surface area contributed by atoms with Crippen LogP contribution in [0.4, 0.5) is 0 Å². The Morgan fingerprint density at radius 2 is 2.00 bits per heavy atom. The molecular weight excluding hydrogens is 320 g/mol. The molecule has 2 aromatic rings. The summed E-state index contributed by atoms with van der Waals surface area (Å²) in [6, 6.07) is 12.4. The van der Waals surface area contributed by atoms with Crippen LogP contribution in [0.25, 0.3) is 0 Å². The lowest BCUT2D eigenvalue weighted by atomic mass is 10.1. The highest BCUT2D eigenvalue weighted by molar-refractivity contribution is 6.05. The highest BCUT2D eigenvalue weighted by Crippen LogP contribution is 2.28. The molecule has 130 valence electrons. The Morgan fingerprint density at radius 1 is 1.20 bits per heavy atom. The molecule has 0 spiro atoms. The van der Waals surface area contributed by atoms with Gasteiger partial charge in [0.2, 0.25) is 5.91 Å². The summed E-state index contributed by atoms with van der Waals surface area (Å²) in [6.45, 7) is 0.511. The number of benzene rings is 2. The number of carbonyl (C=O) groups excluding carboxylic acids is 1. The molecule has 0 saturated heterocycles. The maximum Gasteiger partial charge on any atom is 0.247 e.